The summed E-state index contributed by atoms with van der Waals surface area (Å²) >= 11 is 0. The maximum absolute atomic E-state index is 5.74. The summed E-state index contributed by atoms with van der Waals surface area (Å²) in [5, 5.41) is 0. The Kier molecular flexibility index (Phi) is 5.55. The Morgan fingerprint density at radius 1 is 0.680 bits per heavy atom. The lowest BCUT2D eigenvalue weighted by atomic mass is 9.96. The predicted molar refractivity (Wildman–Crippen MR) is 109 cm³/mol. The van der Waals surface area contributed by atoms with Gasteiger partial charge < -0.3 is 5.73 Å². The van der Waals surface area contributed by atoms with E-state index in [1.54, 1.807) is 0 Å². The molecule has 0 aliphatic heterocycles. The highest BCUT2D eigenvalue weighted by Crippen LogP contribution is 2.24. The number of unbranched alkanes of at least 4 members (excludes halogenated alkanes) is 1. The van der Waals surface area contributed by atoms with Crippen LogP contribution in [0.15, 0.2) is 66.7 Å². The van der Waals surface area contributed by atoms with Crippen LogP contribution in [0.2, 0.25) is 0 Å². The summed E-state index contributed by atoms with van der Waals surface area (Å²) in [5.41, 5.74) is 14.7. The second-order valence-corrected chi connectivity index (χ2v) is 6.96. The van der Waals surface area contributed by atoms with Gasteiger partial charge in [-0.05, 0) is 79.5 Å². The maximum Gasteiger partial charge on any atom is 0.0314 e. The number of anilines is 1. The molecule has 0 radical (unpaired) electrons. The Morgan fingerprint density at radius 3 is 2.00 bits per heavy atom. The van der Waals surface area contributed by atoms with Gasteiger partial charge >= 0.3 is 0 Å². The molecule has 0 aliphatic rings. The largest absolute Gasteiger partial charge is 0.399 e. The number of hydrogen-bond donors (Lipinski definition) is 1. The Bertz CT molecular complexity index is 814. The standard InChI is InChI=1S/C24H27N/c1-18-7-11-22(12-8-18)23-14-13-21(19(2)17-23)6-4-3-5-20-9-15-24(25)16-10-20/h7-17H,3-6,25H2,1-2H3. The maximum atomic E-state index is 5.74. The quantitative estimate of drug-likeness (QED) is 0.428. The number of nitrogens with two attached hydrogens (primary N) is 1. The zero-order chi connectivity index (χ0) is 17.6. The van der Waals surface area contributed by atoms with Crippen molar-refractivity contribution in [2.24, 2.45) is 0 Å². The highest BCUT2D eigenvalue weighted by atomic mass is 14.5. The second kappa shape index (κ2) is 8.02. The summed E-state index contributed by atoms with van der Waals surface area (Å²) in [6, 6.07) is 23.9. The molecule has 3 aromatic carbocycles. The van der Waals surface area contributed by atoms with Crippen molar-refractivity contribution in [1.29, 1.82) is 0 Å². The summed E-state index contributed by atoms with van der Waals surface area (Å²) in [7, 11) is 0. The van der Waals surface area contributed by atoms with Crippen LogP contribution in [0, 0.1) is 13.8 Å². The molecule has 0 saturated heterocycles. The van der Waals surface area contributed by atoms with Crippen molar-refractivity contribution in [2.75, 3.05) is 5.73 Å². The van der Waals surface area contributed by atoms with E-state index < -0.39 is 0 Å². The molecule has 128 valence electrons. The van der Waals surface area contributed by atoms with Crippen LogP contribution in [0.25, 0.3) is 11.1 Å². The van der Waals surface area contributed by atoms with Gasteiger partial charge in [0.2, 0.25) is 0 Å². The Labute approximate surface area is 151 Å². The van der Waals surface area contributed by atoms with Gasteiger partial charge in [0, 0.05) is 5.69 Å². The van der Waals surface area contributed by atoms with Gasteiger partial charge in [-0.25, -0.2) is 0 Å². The monoisotopic (exact) mass is 329 g/mol. The number of hydrogen-bond acceptors (Lipinski definition) is 1. The topological polar surface area (TPSA) is 26.0 Å². The average molecular weight is 329 g/mol. The first-order valence-electron chi connectivity index (χ1n) is 9.13. The van der Waals surface area contributed by atoms with Gasteiger partial charge in [0.05, 0.1) is 0 Å². The molecule has 0 unspecified atom stereocenters. The fourth-order valence-electron chi connectivity index (χ4n) is 3.23. The van der Waals surface area contributed by atoms with Crippen LogP contribution in [0.1, 0.15) is 35.1 Å². The molecule has 25 heavy (non-hydrogen) atoms. The molecule has 0 aromatic heterocycles. The third-order valence-electron chi connectivity index (χ3n) is 4.87. The van der Waals surface area contributed by atoms with Gasteiger partial charge in [0.1, 0.15) is 0 Å². The molecule has 3 aromatic rings. The van der Waals surface area contributed by atoms with E-state index in [0.29, 0.717) is 0 Å². The van der Waals surface area contributed by atoms with Gasteiger partial charge in [-0.3, -0.25) is 0 Å². The zero-order valence-electron chi connectivity index (χ0n) is 15.3. The van der Waals surface area contributed by atoms with E-state index in [2.05, 4.69) is 68.4 Å². The van der Waals surface area contributed by atoms with Gasteiger partial charge in [-0.15, -0.1) is 0 Å². The number of benzene rings is 3. The van der Waals surface area contributed by atoms with Gasteiger partial charge in [0.15, 0.2) is 0 Å². The Balaban J connectivity index is 1.56. The van der Waals surface area contributed by atoms with Crippen molar-refractivity contribution in [3.8, 4) is 11.1 Å². The molecular formula is C24H27N. The third kappa shape index (κ3) is 4.73. The summed E-state index contributed by atoms with van der Waals surface area (Å²) in [4.78, 5) is 0. The van der Waals surface area contributed by atoms with E-state index in [-0.39, 0.29) is 0 Å². The van der Waals surface area contributed by atoms with E-state index in [1.165, 1.54) is 46.2 Å². The smallest absolute Gasteiger partial charge is 0.0314 e. The minimum Gasteiger partial charge on any atom is -0.399 e. The molecule has 0 fully saturated rings. The van der Waals surface area contributed by atoms with E-state index >= 15 is 0 Å². The first kappa shape index (κ1) is 17.3. The molecule has 0 heterocycles. The fourth-order valence-corrected chi connectivity index (χ4v) is 3.23. The first-order chi connectivity index (χ1) is 12.1. The fraction of sp³-hybridized carbons (Fsp3) is 0.250. The van der Waals surface area contributed by atoms with Crippen molar-refractivity contribution >= 4 is 5.69 Å². The van der Waals surface area contributed by atoms with Crippen molar-refractivity contribution in [3.05, 3.63) is 89.0 Å². The van der Waals surface area contributed by atoms with Gasteiger partial charge in [-0.2, -0.15) is 0 Å². The van der Waals surface area contributed by atoms with Crippen LogP contribution in [-0.2, 0) is 12.8 Å². The molecule has 0 atom stereocenters. The minimum atomic E-state index is 0.841. The summed E-state index contributed by atoms with van der Waals surface area (Å²) in [6.07, 6.45) is 4.70. The highest BCUT2D eigenvalue weighted by molar-refractivity contribution is 5.65. The summed E-state index contributed by atoms with van der Waals surface area (Å²) in [5.74, 6) is 0. The van der Waals surface area contributed by atoms with Crippen LogP contribution in [0.5, 0.6) is 0 Å². The van der Waals surface area contributed by atoms with Crippen LogP contribution in [-0.4, -0.2) is 0 Å². The predicted octanol–water partition coefficient (Wildman–Crippen LogP) is 6.12. The van der Waals surface area contributed by atoms with Gasteiger partial charge in [-0.1, -0.05) is 60.2 Å². The molecule has 1 heteroatoms. The highest BCUT2D eigenvalue weighted by Gasteiger charge is 2.03. The third-order valence-corrected chi connectivity index (χ3v) is 4.87. The van der Waals surface area contributed by atoms with Crippen LogP contribution >= 0.6 is 0 Å². The second-order valence-electron chi connectivity index (χ2n) is 6.96. The van der Waals surface area contributed by atoms with E-state index in [4.69, 9.17) is 5.73 Å². The molecule has 0 spiro atoms. The van der Waals surface area contributed by atoms with E-state index in [1.807, 2.05) is 12.1 Å². The molecule has 0 bridgehead atoms. The van der Waals surface area contributed by atoms with Crippen molar-refractivity contribution in [3.63, 3.8) is 0 Å². The Morgan fingerprint density at radius 2 is 1.32 bits per heavy atom. The summed E-state index contributed by atoms with van der Waals surface area (Å²) in [6.45, 7) is 4.36. The number of nitrogen functional groups attached to an aromatic ring is 1. The molecule has 0 saturated carbocycles. The summed E-state index contributed by atoms with van der Waals surface area (Å²) < 4.78 is 0. The lowest BCUT2D eigenvalue weighted by Crippen LogP contribution is -1.93. The molecular weight excluding hydrogens is 302 g/mol. The minimum absolute atomic E-state index is 0.841. The molecule has 2 N–H and O–H groups in total. The van der Waals surface area contributed by atoms with Crippen molar-refractivity contribution < 1.29 is 0 Å². The molecule has 0 amide bonds. The van der Waals surface area contributed by atoms with Crippen molar-refractivity contribution in [1.82, 2.24) is 0 Å². The van der Waals surface area contributed by atoms with Crippen LogP contribution in [0.3, 0.4) is 0 Å². The Hall–Kier alpha value is -2.54. The lowest BCUT2D eigenvalue weighted by Gasteiger charge is -2.09. The van der Waals surface area contributed by atoms with Gasteiger partial charge in [0.25, 0.3) is 0 Å². The number of aryl methyl sites for hydroxylation is 4. The molecule has 3 rings (SSSR count). The van der Waals surface area contributed by atoms with Crippen LogP contribution < -0.4 is 5.73 Å². The van der Waals surface area contributed by atoms with E-state index in [9.17, 15) is 0 Å². The normalized spacial score (nSPS) is 10.8. The molecule has 0 aliphatic carbocycles. The first-order valence-corrected chi connectivity index (χ1v) is 9.13. The van der Waals surface area contributed by atoms with Crippen molar-refractivity contribution in [2.45, 2.75) is 39.5 Å². The SMILES string of the molecule is Cc1ccc(-c2ccc(CCCCc3ccc(N)cc3)c(C)c2)cc1. The average Bonchev–Trinajstić information content (AvgIpc) is 2.62. The number of rotatable bonds is 6. The van der Waals surface area contributed by atoms with Crippen LogP contribution in [0.4, 0.5) is 5.69 Å². The lowest BCUT2D eigenvalue weighted by molar-refractivity contribution is 0.732. The zero-order valence-corrected chi connectivity index (χ0v) is 15.3. The van der Waals surface area contributed by atoms with E-state index in [0.717, 1.165) is 18.5 Å². The molecule has 1 nitrogen and oxygen atoms in total.